The number of rotatable bonds is 6. The molecule has 2 aliphatic heterocycles. The number of ether oxygens (including phenoxy) is 2. The molecule has 170 valence electrons. The first-order valence-corrected chi connectivity index (χ1v) is 11.1. The van der Waals surface area contributed by atoms with Crippen LogP contribution in [-0.2, 0) is 13.1 Å². The molecular weight excluding hydrogens is 421 g/mol. The number of nitrogens with zero attached hydrogens (tertiary/aromatic N) is 2. The summed E-state index contributed by atoms with van der Waals surface area (Å²) >= 11 is 0. The van der Waals surface area contributed by atoms with E-state index in [0.29, 0.717) is 18.0 Å². The number of halogens is 1. The van der Waals surface area contributed by atoms with Crippen molar-refractivity contribution in [3.05, 3.63) is 89.2 Å². The van der Waals surface area contributed by atoms with Gasteiger partial charge in [-0.25, -0.2) is 4.39 Å². The number of piperazine rings is 1. The quantitative estimate of drug-likeness (QED) is 0.616. The summed E-state index contributed by atoms with van der Waals surface area (Å²) in [6.07, 6.45) is 0. The lowest BCUT2D eigenvalue weighted by Gasteiger charge is -2.34. The Bertz CT molecular complexity index is 1130. The number of fused-ring (bicyclic) bond motifs is 1. The number of carbonyl (C=O) groups is 1. The molecule has 1 fully saturated rings. The third-order valence-corrected chi connectivity index (χ3v) is 6.01. The summed E-state index contributed by atoms with van der Waals surface area (Å²) in [6.45, 7) is 5.90. The summed E-state index contributed by atoms with van der Waals surface area (Å²) < 4.78 is 23.9. The molecule has 5 rings (SSSR count). The van der Waals surface area contributed by atoms with Crippen LogP contribution in [-0.4, -0.2) is 48.7 Å². The predicted octanol–water partition coefficient (Wildman–Crippen LogP) is 4.12. The van der Waals surface area contributed by atoms with Gasteiger partial charge in [0.05, 0.1) is 0 Å². The Balaban J connectivity index is 1.13. The SMILES string of the molecule is O=C(Nc1ccc(F)cc1)c1cccc(CN2CCN(Cc3ccc4c(c3)OCO4)CC2)c1. The van der Waals surface area contributed by atoms with Crippen LogP contribution in [0.5, 0.6) is 11.5 Å². The van der Waals surface area contributed by atoms with Crippen molar-refractivity contribution in [2.45, 2.75) is 13.1 Å². The summed E-state index contributed by atoms with van der Waals surface area (Å²) in [6, 6.07) is 19.6. The van der Waals surface area contributed by atoms with Crippen molar-refractivity contribution in [3.8, 4) is 11.5 Å². The zero-order valence-corrected chi connectivity index (χ0v) is 18.3. The maximum absolute atomic E-state index is 13.1. The molecule has 3 aromatic rings. The van der Waals surface area contributed by atoms with E-state index in [9.17, 15) is 9.18 Å². The molecule has 0 aliphatic carbocycles. The highest BCUT2D eigenvalue weighted by Gasteiger charge is 2.19. The van der Waals surface area contributed by atoms with Gasteiger partial charge in [-0.1, -0.05) is 18.2 Å². The molecule has 0 aromatic heterocycles. The standard InChI is InChI=1S/C26H26FN3O3/c27-22-5-7-23(8-6-22)28-26(31)21-3-1-2-19(14-21)16-29-10-12-30(13-11-29)17-20-4-9-24-25(15-20)33-18-32-24/h1-9,14-15H,10-13,16-18H2,(H,28,31). The van der Waals surface area contributed by atoms with Crippen LogP contribution < -0.4 is 14.8 Å². The molecule has 7 heteroatoms. The first-order chi connectivity index (χ1) is 16.1. The van der Waals surface area contributed by atoms with E-state index in [0.717, 1.165) is 56.3 Å². The lowest BCUT2D eigenvalue weighted by molar-refractivity contribution is 0.102. The van der Waals surface area contributed by atoms with Crippen LogP contribution in [0, 0.1) is 5.82 Å². The van der Waals surface area contributed by atoms with Crippen molar-refractivity contribution in [3.63, 3.8) is 0 Å². The number of anilines is 1. The van der Waals surface area contributed by atoms with E-state index in [1.54, 1.807) is 18.2 Å². The minimum atomic E-state index is -0.328. The van der Waals surface area contributed by atoms with Crippen LogP contribution in [0.3, 0.4) is 0 Å². The lowest BCUT2D eigenvalue weighted by Crippen LogP contribution is -2.45. The van der Waals surface area contributed by atoms with Crippen LogP contribution in [0.25, 0.3) is 0 Å². The molecule has 1 saturated heterocycles. The van der Waals surface area contributed by atoms with Crippen molar-refractivity contribution >= 4 is 11.6 Å². The molecule has 33 heavy (non-hydrogen) atoms. The summed E-state index contributed by atoms with van der Waals surface area (Å²) in [5.41, 5.74) is 3.50. The molecule has 0 spiro atoms. The van der Waals surface area contributed by atoms with Crippen LogP contribution in [0.4, 0.5) is 10.1 Å². The maximum Gasteiger partial charge on any atom is 0.255 e. The summed E-state index contributed by atoms with van der Waals surface area (Å²) in [5, 5.41) is 2.82. The van der Waals surface area contributed by atoms with Gasteiger partial charge in [0.15, 0.2) is 11.5 Å². The normalized spacial score (nSPS) is 16.0. The van der Waals surface area contributed by atoms with Gasteiger partial charge in [-0.05, 0) is 59.7 Å². The van der Waals surface area contributed by atoms with Crippen molar-refractivity contribution in [2.24, 2.45) is 0 Å². The van der Waals surface area contributed by atoms with E-state index in [1.807, 2.05) is 24.3 Å². The highest BCUT2D eigenvalue weighted by atomic mass is 19.1. The fraction of sp³-hybridized carbons (Fsp3) is 0.269. The number of carbonyl (C=O) groups excluding carboxylic acids is 1. The molecule has 0 unspecified atom stereocenters. The molecule has 1 N–H and O–H groups in total. The second kappa shape index (κ2) is 9.60. The van der Waals surface area contributed by atoms with Crippen LogP contribution >= 0.6 is 0 Å². The minimum Gasteiger partial charge on any atom is -0.454 e. The Morgan fingerprint density at radius 3 is 2.21 bits per heavy atom. The van der Waals surface area contributed by atoms with Gasteiger partial charge >= 0.3 is 0 Å². The van der Waals surface area contributed by atoms with Gasteiger partial charge in [0, 0.05) is 50.5 Å². The molecule has 2 heterocycles. The fourth-order valence-corrected chi connectivity index (χ4v) is 4.21. The van der Waals surface area contributed by atoms with Gasteiger partial charge in [0.25, 0.3) is 5.91 Å². The van der Waals surface area contributed by atoms with Crippen molar-refractivity contribution in [1.82, 2.24) is 9.80 Å². The van der Waals surface area contributed by atoms with E-state index in [1.165, 1.54) is 17.7 Å². The topological polar surface area (TPSA) is 54.0 Å². The van der Waals surface area contributed by atoms with E-state index in [-0.39, 0.29) is 11.7 Å². The second-order valence-electron chi connectivity index (χ2n) is 8.40. The van der Waals surface area contributed by atoms with E-state index in [2.05, 4.69) is 27.2 Å². The van der Waals surface area contributed by atoms with Gasteiger partial charge in [-0.3, -0.25) is 14.6 Å². The van der Waals surface area contributed by atoms with E-state index < -0.39 is 0 Å². The second-order valence-corrected chi connectivity index (χ2v) is 8.40. The molecule has 0 atom stereocenters. The Hall–Kier alpha value is -3.42. The highest BCUT2D eigenvalue weighted by Crippen LogP contribution is 2.32. The van der Waals surface area contributed by atoms with Crippen LogP contribution in [0.1, 0.15) is 21.5 Å². The first-order valence-electron chi connectivity index (χ1n) is 11.1. The molecular formula is C26H26FN3O3. The number of benzene rings is 3. The highest BCUT2D eigenvalue weighted by molar-refractivity contribution is 6.04. The molecule has 0 bridgehead atoms. The molecule has 2 aliphatic rings. The zero-order valence-electron chi connectivity index (χ0n) is 18.3. The third-order valence-electron chi connectivity index (χ3n) is 6.01. The first kappa shape index (κ1) is 21.4. The summed E-state index contributed by atoms with van der Waals surface area (Å²) in [7, 11) is 0. The molecule has 1 amide bonds. The monoisotopic (exact) mass is 447 g/mol. The van der Waals surface area contributed by atoms with Crippen LogP contribution in [0.2, 0.25) is 0 Å². The third kappa shape index (κ3) is 5.32. The van der Waals surface area contributed by atoms with Crippen molar-refractivity contribution in [2.75, 3.05) is 38.3 Å². The van der Waals surface area contributed by atoms with Gasteiger partial charge in [-0.15, -0.1) is 0 Å². The molecule has 3 aromatic carbocycles. The Morgan fingerprint density at radius 2 is 1.48 bits per heavy atom. The van der Waals surface area contributed by atoms with Gasteiger partial charge in [0.2, 0.25) is 6.79 Å². The average Bonchev–Trinajstić information content (AvgIpc) is 3.30. The minimum absolute atomic E-state index is 0.197. The lowest BCUT2D eigenvalue weighted by atomic mass is 10.1. The zero-order chi connectivity index (χ0) is 22.6. The van der Waals surface area contributed by atoms with Gasteiger partial charge in [-0.2, -0.15) is 0 Å². The Kier molecular flexibility index (Phi) is 6.24. The smallest absolute Gasteiger partial charge is 0.255 e. The van der Waals surface area contributed by atoms with Crippen LogP contribution in [0.15, 0.2) is 66.7 Å². The average molecular weight is 448 g/mol. The van der Waals surface area contributed by atoms with E-state index in [4.69, 9.17) is 9.47 Å². The van der Waals surface area contributed by atoms with Crippen molar-refractivity contribution in [1.29, 1.82) is 0 Å². The summed E-state index contributed by atoms with van der Waals surface area (Å²) in [4.78, 5) is 17.4. The van der Waals surface area contributed by atoms with Gasteiger partial charge in [0.1, 0.15) is 5.82 Å². The molecule has 0 saturated carbocycles. The maximum atomic E-state index is 13.1. The number of hydrogen-bond acceptors (Lipinski definition) is 5. The molecule has 6 nitrogen and oxygen atoms in total. The summed E-state index contributed by atoms with van der Waals surface area (Å²) in [5.74, 6) is 1.12. The van der Waals surface area contributed by atoms with E-state index >= 15 is 0 Å². The number of nitrogens with one attached hydrogen (secondary N) is 1. The Morgan fingerprint density at radius 1 is 0.818 bits per heavy atom. The molecule has 0 radical (unpaired) electrons. The fourth-order valence-electron chi connectivity index (χ4n) is 4.21. The Labute approximate surface area is 192 Å². The van der Waals surface area contributed by atoms with Gasteiger partial charge < -0.3 is 14.8 Å². The predicted molar refractivity (Wildman–Crippen MR) is 124 cm³/mol. The van der Waals surface area contributed by atoms with Crippen molar-refractivity contribution < 1.29 is 18.7 Å². The largest absolute Gasteiger partial charge is 0.454 e. The number of hydrogen-bond donors (Lipinski definition) is 1. The number of amides is 1.